The number of hydrogen-bond acceptors (Lipinski definition) is 5. The number of carbonyl (C=O) groups is 2. The number of anilines is 1. The molecule has 0 saturated carbocycles. The lowest BCUT2D eigenvalue weighted by Gasteiger charge is -2.33. The standard InChI is InChI=1S/C22H27N3O4.H2O/c1-16(26)24-18-8-9-20(21(12-18)28-2)22(27)23-13-19-15-25(10-11-29-19)14-17-6-4-3-5-7-17;/h3-9,12,19H,10-11,13-15H2,1-2H3,(H,23,27)(H,24,26);1H2. The molecule has 1 fully saturated rings. The van der Waals surface area contributed by atoms with Crippen molar-refractivity contribution in [2.75, 3.05) is 38.7 Å². The van der Waals surface area contributed by atoms with Gasteiger partial charge in [0.15, 0.2) is 0 Å². The Morgan fingerprint density at radius 2 is 1.97 bits per heavy atom. The highest BCUT2D eigenvalue weighted by molar-refractivity contribution is 5.98. The Labute approximate surface area is 176 Å². The third kappa shape index (κ3) is 6.55. The van der Waals surface area contributed by atoms with Gasteiger partial charge in [0.05, 0.1) is 25.4 Å². The molecule has 1 unspecified atom stereocenters. The summed E-state index contributed by atoms with van der Waals surface area (Å²) in [5.74, 6) is -0.0113. The number of ether oxygens (including phenoxy) is 2. The predicted molar refractivity (Wildman–Crippen MR) is 115 cm³/mol. The molecule has 1 saturated heterocycles. The largest absolute Gasteiger partial charge is 0.496 e. The Balaban J connectivity index is 0.00000320. The molecule has 1 atom stereocenters. The van der Waals surface area contributed by atoms with Crippen molar-refractivity contribution in [3.05, 3.63) is 59.7 Å². The van der Waals surface area contributed by atoms with E-state index in [4.69, 9.17) is 9.47 Å². The van der Waals surface area contributed by atoms with Crippen molar-refractivity contribution in [3.63, 3.8) is 0 Å². The van der Waals surface area contributed by atoms with Crippen LogP contribution in [0.2, 0.25) is 0 Å². The van der Waals surface area contributed by atoms with Crippen molar-refractivity contribution in [2.24, 2.45) is 0 Å². The maximum Gasteiger partial charge on any atom is 0.255 e. The van der Waals surface area contributed by atoms with Gasteiger partial charge >= 0.3 is 0 Å². The number of morpholine rings is 1. The number of nitrogens with zero attached hydrogens (tertiary/aromatic N) is 1. The molecule has 3 rings (SSSR count). The Hall–Kier alpha value is -2.94. The summed E-state index contributed by atoms with van der Waals surface area (Å²) in [7, 11) is 1.50. The van der Waals surface area contributed by atoms with E-state index in [0.717, 1.165) is 19.6 Å². The lowest BCUT2D eigenvalue weighted by atomic mass is 10.1. The third-order valence-electron chi connectivity index (χ3n) is 4.73. The number of nitrogens with one attached hydrogen (secondary N) is 2. The van der Waals surface area contributed by atoms with Gasteiger partial charge in [-0.3, -0.25) is 14.5 Å². The molecule has 0 aliphatic carbocycles. The van der Waals surface area contributed by atoms with E-state index in [2.05, 4.69) is 27.7 Å². The number of methoxy groups -OCH3 is 1. The van der Waals surface area contributed by atoms with Gasteiger partial charge in [-0.2, -0.15) is 0 Å². The molecule has 30 heavy (non-hydrogen) atoms. The van der Waals surface area contributed by atoms with Crippen molar-refractivity contribution >= 4 is 17.5 Å². The van der Waals surface area contributed by atoms with E-state index in [0.29, 0.717) is 30.2 Å². The fraction of sp³-hybridized carbons (Fsp3) is 0.364. The third-order valence-corrected chi connectivity index (χ3v) is 4.73. The monoisotopic (exact) mass is 415 g/mol. The second kappa shape index (κ2) is 11.3. The average molecular weight is 415 g/mol. The first kappa shape index (κ1) is 23.3. The molecule has 0 aromatic heterocycles. The van der Waals surface area contributed by atoms with Gasteiger partial charge in [-0.25, -0.2) is 0 Å². The first-order valence-electron chi connectivity index (χ1n) is 9.67. The van der Waals surface area contributed by atoms with Gasteiger partial charge in [-0.05, 0) is 17.7 Å². The summed E-state index contributed by atoms with van der Waals surface area (Å²) in [6.07, 6.45) is -0.0685. The van der Waals surface area contributed by atoms with Crippen LogP contribution in [0.5, 0.6) is 5.75 Å². The van der Waals surface area contributed by atoms with Crippen molar-refractivity contribution in [3.8, 4) is 5.75 Å². The molecular weight excluding hydrogens is 386 g/mol. The summed E-state index contributed by atoms with van der Waals surface area (Å²) in [6.45, 7) is 4.99. The average Bonchev–Trinajstić information content (AvgIpc) is 2.72. The molecule has 4 N–H and O–H groups in total. The first-order chi connectivity index (χ1) is 14.0. The molecule has 8 nitrogen and oxygen atoms in total. The molecule has 0 spiro atoms. The second-order valence-electron chi connectivity index (χ2n) is 7.02. The topological polar surface area (TPSA) is 111 Å². The summed E-state index contributed by atoms with van der Waals surface area (Å²) in [6, 6.07) is 15.3. The lowest BCUT2D eigenvalue weighted by Crippen LogP contribution is -2.47. The molecule has 1 aliphatic heterocycles. The molecule has 2 aromatic carbocycles. The minimum absolute atomic E-state index is 0. The molecule has 1 heterocycles. The zero-order chi connectivity index (χ0) is 20.6. The highest BCUT2D eigenvalue weighted by atomic mass is 16.5. The molecule has 1 aliphatic rings. The van der Waals surface area contributed by atoms with Crippen LogP contribution < -0.4 is 15.4 Å². The SMILES string of the molecule is COc1cc(NC(C)=O)ccc1C(=O)NCC1CN(Cc2ccccc2)CCO1.O. The van der Waals surface area contributed by atoms with Crippen LogP contribution in [-0.2, 0) is 16.1 Å². The van der Waals surface area contributed by atoms with E-state index in [-0.39, 0.29) is 23.4 Å². The van der Waals surface area contributed by atoms with Crippen molar-refractivity contribution in [2.45, 2.75) is 19.6 Å². The van der Waals surface area contributed by atoms with E-state index >= 15 is 0 Å². The van der Waals surface area contributed by atoms with Crippen LogP contribution in [0.3, 0.4) is 0 Å². The van der Waals surface area contributed by atoms with Crippen LogP contribution in [0.15, 0.2) is 48.5 Å². The molecule has 0 radical (unpaired) electrons. The number of hydrogen-bond donors (Lipinski definition) is 2. The van der Waals surface area contributed by atoms with Crippen LogP contribution in [0.1, 0.15) is 22.8 Å². The highest BCUT2D eigenvalue weighted by Crippen LogP contribution is 2.23. The summed E-state index contributed by atoms with van der Waals surface area (Å²) < 4.78 is 11.1. The van der Waals surface area contributed by atoms with Gasteiger partial charge in [0.2, 0.25) is 5.91 Å². The summed E-state index contributed by atoms with van der Waals surface area (Å²) in [5, 5.41) is 5.61. The number of amides is 2. The molecular formula is C22H29N3O5. The normalized spacial score (nSPS) is 16.3. The maximum atomic E-state index is 12.6. The van der Waals surface area contributed by atoms with Gasteiger partial charge in [-0.1, -0.05) is 30.3 Å². The minimum Gasteiger partial charge on any atom is -0.496 e. The van der Waals surface area contributed by atoms with Gasteiger partial charge in [0.25, 0.3) is 5.91 Å². The van der Waals surface area contributed by atoms with E-state index in [1.165, 1.54) is 19.6 Å². The lowest BCUT2D eigenvalue weighted by molar-refractivity contribution is -0.114. The van der Waals surface area contributed by atoms with Gasteiger partial charge in [-0.15, -0.1) is 0 Å². The summed E-state index contributed by atoms with van der Waals surface area (Å²) in [5.41, 5.74) is 2.26. The zero-order valence-corrected chi connectivity index (χ0v) is 17.3. The smallest absolute Gasteiger partial charge is 0.255 e. The van der Waals surface area contributed by atoms with Gasteiger partial charge in [0.1, 0.15) is 5.75 Å². The molecule has 8 heteroatoms. The Kier molecular flexibility index (Phi) is 8.79. The van der Waals surface area contributed by atoms with E-state index in [1.807, 2.05) is 18.2 Å². The summed E-state index contributed by atoms with van der Waals surface area (Å²) in [4.78, 5) is 26.2. The fourth-order valence-corrected chi connectivity index (χ4v) is 3.35. The fourth-order valence-electron chi connectivity index (χ4n) is 3.35. The van der Waals surface area contributed by atoms with Crippen molar-refractivity contribution < 1.29 is 24.5 Å². The Morgan fingerprint density at radius 1 is 1.20 bits per heavy atom. The number of carbonyl (C=O) groups excluding carboxylic acids is 2. The Bertz CT molecular complexity index is 844. The molecule has 0 bridgehead atoms. The number of benzene rings is 2. The van der Waals surface area contributed by atoms with Crippen LogP contribution in [0.25, 0.3) is 0 Å². The van der Waals surface area contributed by atoms with Gasteiger partial charge in [0, 0.05) is 44.9 Å². The maximum absolute atomic E-state index is 12.6. The minimum atomic E-state index is -0.236. The van der Waals surface area contributed by atoms with E-state index in [1.54, 1.807) is 18.2 Å². The molecule has 2 aromatic rings. The quantitative estimate of drug-likeness (QED) is 0.711. The van der Waals surface area contributed by atoms with Crippen LogP contribution in [0.4, 0.5) is 5.69 Å². The van der Waals surface area contributed by atoms with Crippen molar-refractivity contribution in [1.29, 1.82) is 0 Å². The molecule has 162 valence electrons. The van der Waals surface area contributed by atoms with Crippen LogP contribution >= 0.6 is 0 Å². The Morgan fingerprint density at radius 3 is 2.67 bits per heavy atom. The van der Waals surface area contributed by atoms with Crippen LogP contribution in [0, 0.1) is 0 Å². The van der Waals surface area contributed by atoms with E-state index in [9.17, 15) is 9.59 Å². The predicted octanol–water partition coefficient (Wildman–Crippen LogP) is 1.46. The van der Waals surface area contributed by atoms with Crippen LogP contribution in [-0.4, -0.2) is 61.6 Å². The number of rotatable bonds is 7. The van der Waals surface area contributed by atoms with Crippen molar-refractivity contribution in [1.82, 2.24) is 10.2 Å². The van der Waals surface area contributed by atoms with E-state index < -0.39 is 0 Å². The first-order valence-corrected chi connectivity index (χ1v) is 9.67. The summed E-state index contributed by atoms with van der Waals surface area (Å²) >= 11 is 0. The van der Waals surface area contributed by atoms with Gasteiger partial charge < -0.3 is 25.6 Å². The molecule has 2 amide bonds. The second-order valence-corrected chi connectivity index (χ2v) is 7.02. The zero-order valence-electron chi connectivity index (χ0n) is 17.3. The highest BCUT2D eigenvalue weighted by Gasteiger charge is 2.22.